The van der Waals surface area contributed by atoms with Crippen molar-refractivity contribution in [2.45, 2.75) is 19.8 Å². The van der Waals surface area contributed by atoms with Crippen LogP contribution in [0.25, 0.3) is 0 Å². The molecule has 6 nitrogen and oxygen atoms in total. The number of hydrogen-bond donors (Lipinski definition) is 2. The molecule has 2 rings (SSSR count). The Labute approximate surface area is 106 Å². The molecule has 0 aliphatic carbocycles. The fourth-order valence-electron chi connectivity index (χ4n) is 1.85. The van der Waals surface area contributed by atoms with Crippen LogP contribution in [0.3, 0.4) is 0 Å². The fraction of sp³-hybridized carbons (Fsp3) is 0.583. The van der Waals surface area contributed by atoms with Crippen molar-refractivity contribution in [3.8, 4) is 6.01 Å². The van der Waals surface area contributed by atoms with E-state index in [9.17, 15) is 0 Å². The van der Waals surface area contributed by atoms with Gasteiger partial charge in [-0.3, -0.25) is 5.41 Å². The second-order valence-corrected chi connectivity index (χ2v) is 4.46. The van der Waals surface area contributed by atoms with E-state index in [0.717, 1.165) is 31.7 Å². The molecule has 1 fully saturated rings. The first-order valence-corrected chi connectivity index (χ1v) is 6.06. The molecule has 0 spiro atoms. The molecule has 0 saturated carbocycles. The quantitative estimate of drug-likeness (QED) is 0.611. The Kier molecular flexibility index (Phi) is 4.09. The van der Waals surface area contributed by atoms with Gasteiger partial charge in [0.15, 0.2) is 0 Å². The van der Waals surface area contributed by atoms with Crippen molar-refractivity contribution in [1.29, 1.82) is 5.41 Å². The number of nitrogens with zero attached hydrogens (tertiary/aromatic N) is 2. The van der Waals surface area contributed by atoms with Crippen LogP contribution < -0.4 is 10.5 Å². The summed E-state index contributed by atoms with van der Waals surface area (Å²) in [5.74, 6) is 0.417. The molecule has 1 saturated heterocycles. The van der Waals surface area contributed by atoms with Gasteiger partial charge in [-0.05, 0) is 31.7 Å². The zero-order valence-corrected chi connectivity index (χ0v) is 10.5. The van der Waals surface area contributed by atoms with Crippen molar-refractivity contribution >= 4 is 5.84 Å². The zero-order valence-electron chi connectivity index (χ0n) is 10.5. The van der Waals surface area contributed by atoms with Crippen molar-refractivity contribution < 1.29 is 9.47 Å². The molecule has 98 valence electrons. The first-order valence-electron chi connectivity index (χ1n) is 6.06. The molecule has 0 unspecified atom stereocenters. The summed E-state index contributed by atoms with van der Waals surface area (Å²) in [6.45, 7) is 4.00. The molecule has 1 aliphatic heterocycles. The van der Waals surface area contributed by atoms with Crippen molar-refractivity contribution in [1.82, 2.24) is 9.97 Å². The molecule has 0 radical (unpaired) electrons. The first kappa shape index (κ1) is 12.8. The van der Waals surface area contributed by atoms with Gasteiger partial charge >= 0.3 is 6.01 Å². The Morgan fingerprint density at radius 3 is 2.89 bits per heavy atom. The minimum atomic E-state index is -0.0728. The number of aromatic nitrogens is 2. The standard InChI is InChI=1S/C12H18N4O2/c1-8-6-10(11(13)14)16-12(15-8)18-7-9-2-4-17-5-3-9/h6,9H,2-5,7H2,1H3,(H3,13,14). The molecular formula is C12H18N4O2. The number of amidine groups is 1. The summed E-state index contributed by atoms with van der Waals surface area (Å²) in [5, 5.41) is 7.37. The van der Waals surface area contributed by atoms with Crippen LogP contribution in [0.2, 0.25) is 0 Å². The monoisotopic (exact) mass is 250 g/mol. The summed E-state index contributed by atoms with van der Waals surface area (Å²) >= 11 is 0. The van der Waals surface area contributed by atoms with Gasteiger partial charge in [0.1, 0.15) is 11.5 Å². The van der Waals surface area contributed by atoms with Gasteiger partial charge in [-0.25, -0.2) is 4.98 Å². The molecule has 6 heteroatoms. The number of hydrogen-bond acceptors (Lipinski definition) is 5. The lowest BCUT2D eigenvalue weighted by atomic mass is 10.0. The number of nitrogen functional groups attached to an aromatic ring is 1. The maximum atomic E-state index is 7.37. The molecule has 1 aliphatic rings. The van der Waals surface area contributed by atoms with Crippen LogP contribution in [0, 0.1) is 18.3 Å². The van der Waals surface area contributed by atoms with Gasteiger partial charge in [0.05, 0.1) is 6.61 Å². The molecule has 3 N–H and O–H groups in total. The number of rotatable bonds is 4. The molecular weight excluding hydrogens is 232 g/mol. The first-order chi connectivity index (χ1) is 8.65. The highest BCUT2D eigenvalue weighted by Gasteiger charge is 2.15. The van der Waals surface area contributed by atoms with E-state index in [0.29, 0.717) is 24.2 Å². The Bertz CT molecular complexity index is 430. The van der Waals surface area contributed by atoms with Gasteiger partial charge in [0.2, 0.25) is 0 Å². The summed E-state index contributed by atoms with van der Waals surface area (Å²) in [4.78, 5) is 8.29. The van der Waals surface area contributed by atoms with E-state index in [1.807, 2.05) is 6.92 Å². The SMILES string of the molecule is Cc1cc(C(=N)N)nc(OCC2CCOCC2)n1. The van der Waals surface area contributed by atoms with Crippen LogP contribution >= 0.6 is 0 Å². The largest absolute Gasteiger partial charge is 0.463 e. The lowest BCUT2D eigenvalue weighted by Gasteiger charge is -2.21. The third-order valence-electron chi connectivity index (χ3n) is 2.90. The molecule has 0 aromatic carbocycles. The van der Waals surface area contributed by atoms with Crippen molar-refractivity contribution in [3.63, 3.8) is 0 Å². The number of ether oxygens (including phenoxy) is 2. The van der Waals surface area contributed by atoms with Crippen molar-refractivity contribution in [2.75, 3.05) is 19.8 Å². The second-order valence-electron chi connectivity index (χ2n) is 4.46. The van der Waals surface area contributed by atoms with Crippen LogP contribution in [-0.4, -0.2) is 35.6 Å². The van der Waals surface area contributed by atoms with Crippen LogP contribution in [-0.2, 0) is 4.74 Å². The van der Waals surface area contributed by atoms with E-state index >= 15 is 0 Å². The lowest BCUT2D eigenvalue weighted by Crippen LogP contribution is -2.22. The van der Waals surface area contributed by atoms with E-state index < -0.39 is 0 Å². The predicted molar refractivity (Wildman–Crippen MR) is 66.8 cm³/mol. The van der Waals surface area contributed by atoms with Crippen LogP contribution in [0.4, 0.5) is 0 Å². The summed E-state index contributed by atoms with van der Waals surface area (Å²) in [5.41, 5.74) is 6.57. The summed E-state index contributed by atoms with van der Waals surface area (Å²) in [7, 11) is 0. The average Bonchev–Trinajstić information content (AvgIpc) is 2.37. The van der Waals surface area contributed by atoms with E-state index in [2.05, 4.69) is 9.97 Å². The third kappa shape index (κ3) is 3.40. The van der Waals surface area contributed by atoms with Crippen LogP contribution in [0.5, 0.6) is 6.01 Å². The Balaban J connectivity index is 1.97. The molecule has 0 amide bonds. The predicted octanol–water partition coefficient (Wildman–Crippen LogP) is 0.874. The van der Waals surface area contributed by atoms with E-state index in [1.165, 1.54) is 0 Å². The van der Waals surface area contributed by atoms with Crippen molar-refractivity contribution in [2.24, 2.45) is 11.7 Å². The summed E-state index contributed by atoms with van der Waals surface area (Å²) in [6.07, 6.45) is 2.01. The smallest absolute Gasteiger partial charge is 0.317 e. The minimum Gasteiger partial charge on any atom is -0.463 e. The Morgan fingerprint density at radius 1 is 1.50 bits per heavy atom. The van der Waals surface area contributed by atoms with Gasteiger partial charge in [-0.2, -0.15) is 4.98 Å². The molecule has 1 aromatic rings. The topological polar surface area (TPSA) is 94.1 Å². The van der Waals surface area contributed by atoms with E-state index in [4.69, 9.17) is 20.6 Å². The highest BCUT2D eigenvalue weighted by molar-refractivity contribution is 5.93. The van der Waals surface area contributed by atoms with Gasteiger partial charge < -0.3 is 15.2 Å². The Hall–Kier alpha value is -1.69. The lowest BCUT2D eigenvalue weighted by molar-refractivity contribution is 0.0482. The molecule has 1 aromatic heterocycles. The maximum Gasteiger partial charge on any atom is 0.317 e. The van der Waals surface area contributed by atoms with Gasteiger partial charge in [-0.15, -0.1) is 0 Å². The third-order valence-corrected chi connectivity index (χ3v) is 2.90. The van der Waals surface area contributed by atoms with Crippen molar-refractivity contribution in [3.05, 3.63) is 17.5 Å². The second kappa shape index (κ2) is 5.77. The molecule has 0 atom stereocenters. The number of aryl methyl sites for hydroxylation is 1. The summed E-state index contributed by atoms with van der Waals surface area (Å²) in [6, 6.07) is 1.97. The zero-order chi connectivity index (χ0) is 13.0. The van der Waals surface area contributed by atoms with Crippen LogP contribution in [0.1, 0.15) is 24.2 Å². The number of nitrogens with two attached hydrogens (primary N) is 1. The van der Waals surface area contributed by atoms with Gasteiger partial charge in [-0.1, -0.05) is 0 Å². The summed E-state index contributed by atoms with van der Waals surface area (Å²) < 4.78 is 10.9. The Morgan fingerprint density at radius 2 is 2.22 bits per heavy atom. The maximum absolute atomic E-state index is 7.37. The molecule has 0 bridgehead atoms. The number of nitrogens with one attached hydrogen (secondary N) is 1. The molecule has 18 heavy (non-hydrogen) atoms. The highest BCUT2D eigenvalue weighted by Crippen LogP contribution is 2.16. The van der Waals surface area contributed by atoms with E-state index in [1.54, 1.807) is 6.07 Å². The van der Waals surface area contributed by atoms with Crippen LogP contribution in [0.15, 0.2) is 6.07 Å². The van der Waals surface area contributed by atoms with Gasteiger partial charge in [0.25, 0.3) is 0 Å². The van der Waals surface area contributed by atoms with Gasteiger partial charge in [0, 0.05) is 18.9 Å². The normalized spacial score (nSPS) is 16.5. The molecule has 2 heterocycles. The average molecular weight is 250 g/mol. The van der Waals surface area contributed by atoms with E-state index in [-0.39, 0.29) is 5.84 Å². The minimum absolute atomic E-state index is 0.0728. The highest BCUT2D eigenvalue weighted by atomic mass is 16.5. The fourth-order valence-corrected chi connectivity index (χ4v) is 1.85.